The molecular formula is C23H32ClN3. The number of fused-ring (bicyclic) bond motifs is 2. The smallest absolute Gasteiger partial charge is 0.0217 e. The first-order valence-electron chi connectivity index (χ1n) is 9.91. The zero-order chi connectivity index (χ0) is 18.0. The molecule has 0 aromatic heterocycles. The van der Waals surface area contributed by atoms with Crippen molar-refractivity contribution in [2.75, 3.05) is 26.2 Å². The van der Waals surface area contributed by atoms with Crippen molar-refractivity contribution in [3.63, 3.8) is 0 Å². The quantitative estimate of drug-likeness (QED) is 0.333. The van der Waals surface area contributed by atoms with Crippen molar-refractivity contribution in [1.82, 2.24) is 10.6 Å². The molecule has 0 bridgehead atoms. The summed E-state index contributed by atoms with van der Waals surface area (Å²) < 4.78 is 0. The van der Waals surface area contributed by atoms with E-state index in [1.54, 1.807) is 0 Å². The minimum Gasteiger partial charge on any atom is -0.330 e. The molecular weight excluding hydrogens is 354 g/mol. The van der Waals surface area contributed by atoms with Crippen LogP contribution in [0.1, 0.15) is 31.2 Å². The summed E-state index contributed by atoms with van der Waals surface area (Å²) in [5.41, 5.74) is 6.91. The molecule has 0 aliphatic rings. The Labute approximate surface area is 169 Å². The molecule has 0 unspecified atom stereocenters. The van der Waals surface area contributed by atoms with Crippen molar-refractivity contribution in [2.45, 2.75) is 32.2 Å². The fourth-order valence-electron chi connectivity index (χ4n) is 3.54. The second-order valence-electron chi connectivity index (χ2n) is 6.93. The van der Waals surface area contributed by atoms with E-state index in [0.717, 1.165) is 39.1 Å². The number of hydrogen-bond donors (Lipinski definition) is 3. The number of halogens is 1. The number of hydrogen-bond acceptors (Lipinski definition) is 3. The van der Waals surface area contributed by atoms with Crippen LogP contribution < -0.4 is 16.4 Å². The van der Waals surface area contributed by atoms with Gasteiger partial charge in [0, 0.05) is 6.54 Å². The van der Waals surface area contributed by atoms with Crippen LogP contribution in [0.3, 0.4) is 0 Å². The maximum Gasteiger partial charge on any atom is 0.0217 e. The minimum absolute atomic E-state index is 0. The third-order valence-corrected chi connectivity index (χ3v) is 4.95. The second-order valence-corrected chi connectivity index (χ2v) is 6.93. The van der Waals surface area contributed by atoms with E-state index < -0.39 is 0 Å². The molecule has 0 spiro atoms. The third-order valence-electron chi connectivity index (χ3n) is 4.95. The maximum absolute atomic E-state index is 5.49. The van der Waals surface area contributed by atoms with Crippen LogP contribution in [0.4, 0.5) is 0 Å². The molecule has 0 fully saturated rings. The molecule has 27 heavy (non-hydrogen) atoms. The molecule has 3 rings (SSSR count). The number of nitrogens with one attached hydrogen (secondary N) is 2. The molecule has 3 aromatic carbocycles. The Balaban J connectivity index is 0.00000261. The van der Waals surface area contributed by atoms with Gasteiger partial charge in [0.25, 0.3) is 0 Å². The van der Waals surface area contributed by atoms with Crippen LogP contribution >= 0.6 is 12.4 Å². The number of benzene rings is 3. The van der Waals surface area contributed by atoms with Gasteiger partial charge in [-0.1, -0.05) is 55.0 Å². The fourth-order valence-corrected chi connectivity index (χ4v) is 3.54. The Kier molecular flexibility index (Phi) is 9.57. The molecule has 4 heteroatoms. The molecule has 0 radical (unpaired) electrons. The number of rotatable bonds is 11. The summed E-state index contributed by atoms with van der Waals surface area (Å²) in [4.78, 5) is 0. The Morgan fingerprint density at radius 1 is 0.667 bits per heavy atom. The second kappa shape index (κ2) is 11.9. The van der Waals surface area contributed by atoms with Crippen molar-refractivity contribution in [2.24, 2.45) is 5.73 Å². The zero-order valence-corrected chi connectivity index (χ0v) is 16.9. The monoisotopic (exact) mass is 385 g/mol. The van der Waals surface area contributed by atoms with Crippen LogP contribution in [0, 0.1) is 0 Å². The van der Waals surface area contributed by atoms with E-state index in [4.69, 9.17) is 5.73 Å². The van der Waals surface area contributed by atoms with Crippen LogP contribution in [0.5, 0.6) is 0 Å². The van der Waals surface area contributed by atoms with Crippen LogP contribution in [0.25, 0.3) is 21.5 Å². The van der Waals surface area contributed by atoms with Gasteiger partial charge in [-0.25, -0.2) is 0 Å². The van der Waals surface area contributed by atoms with Crippen molar-refractivity contribution >= 4 is 34.0 Å². The highest BCUT2D eigenvalue weighted by Gasteiger charge is 2.06. The van der Waals surface area contributed by atoms with Gasteiger partial charge in [-0.15, -0.1) is 12.4 Å². The summed E-state index contributed by atoms with van der Waals surface area (Å²) in [5.74, 6) is 0. The average Bonchev–Trinajstić information content (AvgIpc) is 2.68. The molecule has 0 atom stereocenters. The van der Waals surface area contributed by atoms with E-state index in [2.05, 4.69) is 65.2 Å². The molecule has 4 N–H and O–H groups in total. The minimum atomic E-state index is 0. The maximum atomic E-state index is 5.49. The highest BCUT2D eigenvalue weighted by atomic mass is 35.5. The highest BCUT2D eigenvalue weighted by molar-refractivity contribution is 6.02. The summed E-state index contributed by atoms with van der Waals surface area (Å²) >= 11 is 0. The van der Waals surface area contributed by atoms with Crippen LogP contribution in [-0.2, 0) is 6.54 Å². The van der Waals surface area contributed by atoms with Crippen LogP contribution in [0.15, 0.2) is 54.6 Å². The number of nitrogens with two attached hydrogens (primary N) is 1. The third kappa shape index (κ3) is 6.18. The van der Waals surface area contributed by atoms with Gasteiger partial charge >= 0.3 is 0 Å². The molecule has 0 amide bonds. The topological polar surface area (TPSA) is 50.1 Å². The predicted molar refractivity (Wildman–Crippen MR) is 121 cm³/mol. The first-order chi connectivity index (χ1) is 12.9. The summed E-state index contributed by atoms with van der Waals surface area (Å²) in [6, 6.07) is 19.7. The predicted octanol–water partition coefficient (Wildman–Crippen LogP) is 4.61. The first kappa shape index (κ1) is 21.6. The summed E-state index contributed by atoms with van der Waals surface area (Å²) in [5, 5.41) is 12.5. The number of unbranched alkanes of at least 4 members (excludes halogenated alkanes) is 2. The molecule has 0 aliphatic heterocycles. The van der Waals surface area contributed by atoms with Gasteiger partial charge in [-0.05, 0) is 78.6 Å². The van der Waals surface area contributed by atoms with E-state index in [1.165, 1.54) is 46.4 Å². The Hall–Kier alpha value is -1.65. The molecule has 0 aliphatic carbocycles. The lowest BCUT2D eigenvalue weighted by Crippen LogP contribution is -2.20. The normalized spacial score (nSPS) is 11.0. The van der Waals surface area contributed by atoms with Crippen molar-refractivity contribution in [1.29, 1.82) is 0 Å². The molecule has 0 saturated carbocycles. The Morgan fingerprint density at radius 2 is 1.22 bits per heavy atom. The van der Waals surface area contributed by atoms with E-state index >= 15 is 0 Å². The molecule has 0 heterocycles. The molecule has 3 nitrogen and oxygen atoms in total. The zero-order valence-electron chi connectivity index (χ0n) is 16.0. The van der Waals surface area contributed by atoms with Gasteiger partial charge < -0.3 is 16.4 Å². The first-order valence-corrected chi connectivity index (χ1v) is 9.91. The molecule has 0 saturated heterocycles. The van der Waals surface area contributed by atoms with Crippen molar-refractivity contribution in [3.8, 4) is 0 Å². The summed E-state index contributed by atoms with van der Waals surface area (Å²) in [6.45, 7) is 4.92. The van der Waals surface area contributed by atoms with Gasteiger partial charge in [0.05, 0.1) is 0 Å². The van der Waals surface area contributed by atoms with Crippen molar-refractivity contribution in [3.05, 3.63) is 60.2 Å². The van der Waals surface area contributed by atoms with Gasteiger partial charge in [0.15, 0.2) is 0 Å². The standard InChI is InChI=1S/C23H31N3.ClH/c24-13-8-16-25-14-6-1-7-15-26-18-23-21-11-4-2-9-19(21)17-20-10-3-5-12-22(20)23;/h2-5,9-12,17,25-26H,1,6-8,13-16,18,24H2;1H. The van der Waals surface area contributed by atoms with Crippen LogP contribution in [-0.4, -0.2) is 26.2 Å². The lowest BCUT2D eigenvalue weighted by atomic mass is 9.97. The Bertz CT molecular complexity index is 765. The van der Waals surface area contributed by atoms with Gasteiger partial charge in [0.2, 0.25) is 0 Å². The van der Waals surface area contributed by atoms with Crippen molar-refractivity contribution < 1.29 is 0 Å². The van der Waals surface area contributed by atoms with Gasteiger partial charge in [-0.3, -0.25) is 0 Å². The van der Waals surface area contributed by atoms with E-state index in [0.29, 0.717) is 0 Å². The van der Waals surface area contributed by atoms with E-state index in [1.807, 2.05) is 0 Å². The van der Waals surface area contributed by atoms with Crippen LogP contribution in [0.2, 0.25) is 0 Å². The summed E-state index contributed by atoms with van der Waals surface area (Å²) in [6.07, 6.45) is 4.80. The average molecular weight is 386 g/mol. The largest absolute Gasteiger partial charge is 0.330 e. The SMILES string of the molecule is Cl.NCCCNCCCCCNCc1c2ccccc2cc2ccccc12. The lowest BCUT2D eigenvalue weighted by Gasteiger charge is -2.12. The summed E-state index contributed by atoms with van der Waals surface area (Å²) in [7, 11) is 0. The van der Waals surface area contributed by atoms with E-state index in [-0.39, 0.29) is 12.4 Å². The highest BCUT2D eigenvalue weighted by Crippen LogP contribution is 2.28. The van der Waals surface area contributed by atoms with Gasteiger partial charge in [-0.2, -0.15) is 0 Å². The lowest BCUT2D eigenvalue weighted by molar-refractivity contribution is 0.567. The van der Waals surface area contributed by atoms with E-state index in [9.17, 15) is 0 Å². The van der Waals surface area contributed by atoms with Gasteiger partial charge in [0.1, 0.15) is 0 Å². The Morgan fingerprint density at radius 3 is 1.85 bits per heavy atom. The molecule has 3 aromatic rings. The molecule has 146 valence electrons. The fraction of sp³-hybridized carbons (Fsp3) is 0.391.